The van der Waals surface area contributed by atoms with Gasteiger partial charge in [-0.2, -0.15) is 0 Å². The highest BCUT2D eigenvalue weighted by Gasteiger charge is 1.86. The van der Waals surface area contributed by atoms with Crippen molar-refractivity contribution in [2.24, 2.45) is 0 Å². The molecular weight excluding hydrogens is 995 g/mol. The van der Waals surface area contributed by atoms with Crippen LogP contribution in [0, 0.1) is 90.0 Å². The van der Waals surface area contributed by atoms with Crippen LogP contribution in [0.3, 0.4) is 0 Å². The molecule has 0 aliphatic carbocycles. The summed E-state index contributed by atoms with van der Waals surface area (Å²) in [7, 11) is 0. The Morgan fingerprint density at radius 3 is 1.05 bits per heavy atom. The number of aromatic nitrogens is 15. The fourth-order valence-corrected chi connectivity index (χ4v) is 5.60. The van der Waals surface area contributed by atoms with Gasteiger partial charge in [-0.3, -0.25) is 34.9 Å². The smallest absolute Gasteiger partial charge is 0.125 e. The minimum Gasteiger partial charge on any atom is -0.264 e. The normalized spacial score (nSPS) is 8.84. The molecule has 11 aromatic heterocycles. The van der Waals surface area contributed by atoms with Crippen molar-refractivity contribution >= 4 is 22.7 Å². The lowest BCUT2D eigenvalue weighted by atomic mass is 10.2. The van der Waals surface area contributed by atoms with Crippen molar-refractivity contribution in [1.82, 2.24) is 74.8 Å². The number of pyridine rings is 5. The van der Waals surface area contributed by atoms with E-state index in [0.29, 0.717) is 0 Å². The SMILES string of the molecule is Cc1ccccn1.Cc1ccccn1.Cc1cccnc1.Cc1cccnc1C.Cc1ccncn1.Cc1cncc(C)c1.Cc1cncnc1.Cc1cncs1.Cc1cscn1.Cc1ncccn1.Cc1ncccn1. The van der Waals surface area contributed by atoms with Crippen molar-refractivity contribution in [3.8, 4) is 0 Å². The molecule has 0 aliphatic rings. The Balaban J connectivity index is 0.000000424. The average Bonchev–Trinajstić information content (AvgIpc) is 4.14. The minimum atomic E-state index is 0.822. The molecule has 0 aliphatic heterocycles. The fraction of sp³-hybridized carbons (Fsp3) is 0.217. The molecule has 0 spiro atoms. The summed E-state index contributed by atoms with van der Waals surface area (Å²) >= 11 is 3.30. The van der Waals surface area contributed by atoms with E-state index in [-0.39, 0.29) is 0 Å². The van der Waals surface area contributed by atoms with Crippen molar-refractivity contribution in [2.45, 2.75) is 90.0 Å². The molecule has 0 saturated heterocycles. The van der Waals surface area contributed by atoms with Crippen LogP contribution in [0.15, 0.2) is 207 Å². The summed E-state index contributed by atoms with van der Waals surface area (Å²) in [6.07, 6.45) is 29.8. The topological polar surface area (TPSA) is 193 Å². The van der Waals surface area contributed by atoms with Crippen molar-refractivity contribution in [2.75, 3.05) is 0 Å². The van der Waals surface area contributed by atoms with Crippen molar-refractivity contribution in [3.63, 3.8) is 0 Å². The Morgan fingerprint density at radius 2 is 0.831 bits per heavy atom. The van der Waals surface area contributed by atoms with Gasteiger partial charge in [0.15, 0.2) is 0 Å². The molecule has 0 radical (unpaired) electrons. The first-order valence-corrected chi connectivity index (χ1v) is 26.0. The van der Waals surface area contributed by atoms with Crippen LogP contribution in [0.2, 0.25) is 0 Å². The molecule has 15 nitrogen and oxygen atoms in total. The Hall–Kier alpha value is -8.67. The summed E-state index contributed by atoms with van der Waals surface area (Å²) < 4.78 is 0. The van der Waals surface area contributed by atoms with Gasteiger partial charge in [0, 0.05) is 132 Å². The molecule has 0 atom stereocenters. The van der Waals surface area contributed by atoms with Crippen molar-refractivity contribution in [1.29, 1.82) is 0 Å². The predicted octanol–water partition coefficient (Wildman–Crippen LogP) is 13.6. The lowest BCUT2D eigenvalue weighted by Gasteiger charge is -1.92. The summed E-state index contributed by atoms with van der Waals surface area (Å²) in [5.41, 5.74) is 15.1. The van der Waals surface area contributed by atoms with Crippen LogP contribution in [0.1, 0.15) is 72.8 Å². The second kappa shape index (κ2) is 44.8. The zero-order valence-corrected chi connectivity index (χ0v) is 48.3. The van der Waals surface area contributed by atoms with Crippen molar-refractivity contribution in [3.05, 3.63) is 280 Å². The highest BCUT2D eigenvalue weighted by atomic mass is 32.1. The van der Waals surface area contributed by atoms with E-state index in [9.17, 15) is 0 Å². The number of thiazole rings is 2. The zero-order valence-electron chi connectivity index (χ0n) is 46.7. The molecule has 77 heavy (non-hydrogen) atoms. The Labute approximate surface area is 464 Å². The Morgan fingerprint density at radius 1 is 0.312 bits per heavy atom. The van der Waals surface area contributed by atoms with E-state index in [2.05, 4.69) is 93.8 Å². The summed E-state index contributed by atoms with van der Waals surface area (Å²) in [5.74, 6) is 1.64. The van der Waals surface area contributed by atoms with Gasteiger partial charge in [0.05, 0.1) is 11.0 Å². The van der Waals surface area contributed by atoms with E-state index in [0.717, 1.165) is 45.7 Å². The molecule has 0 bridgehead atoms. The summed E-state index contributed by atoms with van der Waals surface area (Å²) in [6, 6.07) is 27.2. The second-order valence-corrected chi connectivity index (χ2v) is 17.8. The van der Waals surface area contributed by atoms with E-state index < -0.39 is 0 Å². The molecule has 0 fully saturated rings. The molecule has 0 aromatic carbocycles. The van der Waals surface area contributed by atoms with Gasteiger partial charge in [0.1, 0.15) is 24.3 Å². The second-order valence-electron chi connectivity index (χ2n) is 16.0. The van der Waals surface area contributed by atoms with Crippen LogP contribution in [-0.2, 0) is 0 Å². The third-order valence-corrected chi connectivity index (χ3v) is 10.0. The molecule has 400 valence electrons. The first kappa shape index (κ1) is 66.3. The van der Waals surface area contributed by atoms with Gasteiger partial charge < -0.3 is 0 Å². The van der Waals surface area contributed by atoms with E-state index in [4.69, 9.17) is 0 Å². The maximum atomic E-state index is 4.08. The van der Waals surface area contributed by atoms with Crippen LogP contribution in [0.5, 0.6) is 0 Å². The maximum Gasteiger partial charge on any atom is 0.125 e. The van der Waals surface area contributed by atoms with E-state index in [1.165, 1.54) is 39.8 Å². The number of hydrogen-bond acceptors (Lipinski definition) is 17. The lowest BCUT2D eigenvalue weighted by molar-refractivity contribution is 1.05. The average molecular weight is 1070 g/mol. The first-order chi connectivity index (χ1) is 37.1. The van der Waals surface area contributed by atoms with Crippen LogP contribution >= 0.6 is 22.7 Å². The first-order valence-electron chi connectivity index (χ1n) is 24.1. The molecule has 17 heteroatoms. The van der Waals surface area contributed by atoms with Gasteiger partial charge >= 0.3 is 0 Å². The molecule has 11 rings (SSSR count). The van der Waals surface area contributed by atoms with Crippen LogP contribution < -0.4 is 0 Å². The molecule has 0 unspecified atom stereocenters. The van der Waals surface area contributed by atoms with Crippen molar-refractivity contribution < 1.29 is 0 Å². The molecule has 0 amide bonds. The highest BCUT2D eigenvalue weighted by Crippen LogP contribution is 2.01. The van der Waals surface area contributed by atoms with Gasteiger partial charge in [0.25, 0.3) is 0 Å². The number of aryl methyl sites for hydroxylation is 13. The summed E-state index contributed by atoms with van der Waals surface area (Å²) in [6.45, 7) is 25.8. The van der Waals surface area contributed by atoms with Gasteiger partial charge in [0.2, 0.25) is 0 Å². The third-order valence-electron chi connectivity index (χ3n) is 8.64. The Kier molecular flexibility index (Phi) is 38.6. The minimum absolute atomic E-state index is 0.822. The number of rotatable bonds is 0. The standard InChI is InChI=1S/2C7H9N.3C6H7N.4C5H6N2.2C4H5NS/c1-6-3-7(2)5-8-4-6;1-6-4-3-5-8-7(6)2;1-6-3-2-4-7-5-6;2*1-6-4-2-3-5-7-6;1-5-2-6-4-7-3-5;1-5-2-3-6-4-7-5;2*1-5-6-3-2-4-7-5;1-4-2-6-3-5-4;1-4-2-5-3-6-4/h2*3-5H,1-2H3;3*2-5H,1H3;4*2-4H,1H3;2*2-3H,1H3. The monoisotopic (exact) mass is 1070 g/mol. The quantitative estimate of drug-likeness (QED) is 0.139. The van der Waals surface area contributed by atoms with E-state index in [1.807, 2.05) is 191 Å². The van der Waals surface area contributed by atoms with Gasteiger partial charge in [-0.15, -0.1) is 22.7 Å². The van der Waals surface area contributed by atoms with Gasteiger partial charge in [-0.05, 0) is 172 Å². The molecular formula is C60H73N15S2. The zero-order chi connectivity index (χ0) is 56.6. The summed E-state index contributed by atoms with van der Waals surface area (Å²) in [5, 5.41) is 2.01. The highest BCUT2D eigenvalue weighted by molar-refractivity contribution is 7.09. The number of nitrogens with zero attached hydrogens (tertiary/aromatic N) is 15. The number of hydrogen-bond donors (Lipinski definition) is 0. The molecule has 0 saturated carbocycles. The third kappa shape index (κ3) is 42.4. The largest absolute Gasteiger partial charge is 0.264 e. The molecule has 11 heterocycles. The lowest BCUT2D eigenvalue weighted by Crippen LogP contribution is -1.81. The van der Waals surface area contributed by atoms with Crippen LogP contribution in [0.25, 0.3) is 0 Å². The van der Waals surface area contributed by atoms with Crippen LogP contribution in [-0.4, -0.2) is 74.8 Å². The van der Waals surface area contributed by atoms with Gasteiger partial charge in [-0.1, -0.05) is 30.3 Å². The van der Waals surface area contributed by atoms with Crippen LogP contribution in [0.4, 0.5) is 0 Å². The maximum absolute atomic E-state index is 4.08. The van der Waals surface area contributed by atoms with E-state index >= 15 is 0 Å². The summed E-state index contributed by atoms with van der Waals surface area (Å²) in [4.78, 5) is 59.6. The fourth-order valence-electron chi connectivity index (χ4n) is 4.65. The molecule has 0 N–H and O–H groups in total. The van der Waals surface area contributed by atoms with Gasteiger partial charge in [-0.25, -0.2) is 39.9 Å². The predicted molar refractivity (Wildman–Crippen MR) is 315 cm³/mol. The van der Waals surface area contributed by atoms with E-state index in [1.54, 1.807) is 96.8 Å². The Bertz CT molecular complexity index is 2530. The molecule has 11 aromatic rings.